The number of carbonyl (C=O) groups is 1. The molecule has 3 rings (SSSR count). The van der Waals surface area contributed by atoms with E-state index in [0.717, 1.165) is 12.1 Å². The van der Waals surface area contributed by atoms with Gasteiger partial charge in [0.25, 0.3) is 15.9 Å². The third-order valence-electron chi connectivity index (χ3n) is 4.25. The van der Waals surface area contributed by atoms with Crippen LogP contribution in [0.3, 0.4) is 0 Å². The molecule has 0 aliphatic carbocycles. The van der Waals surface area contributed by atoms with Crippen LogP contribution in [0.1, 0.15) is 17.3 Å². The van der Waals surface area contributed by atoms with E-state index in [1.807, 2.05) is 19.2 Å². The van der Waals surface area contributed by atoms with Gasteiger partial charge in [0.15, 0.2) is 0 Å². The fourth-order valence-electron chi connectivity index (χ4n) is 2.74. The van der Waals surface area contributed by atoms with Crippen molar-refractivity contribution < 1.29 is 17.6 Å². The van der Waals surface area contributed by atoms with E-state index in [-0.39, 0.29) is 27.1 Å². The summed E-state index contributed by atoms with van der Waals surface area (Å²) in [7, 11) is -4.07. The Morgan fingerprint density at radius 1 is 1.23 bits per heavy atom. The van der Waals surface area contributed by atoms with Crippen molar-refractivity contribution in [1.82, 2.24) is 15.1 Å². The molecule has 30 heavy (non-hydrogen) atoms. The van der Waals surface area contributed by atoms with Crippen molar-refractivity contribution >= 4 is 33.2 Å². The molecule has 0 fully saturated rings. The van der Waals surface area contributed by atoms with E-state index in [1.54, 1.807) is 10.9 Å². The predicted molar refractivity (Wildman–Crippen MR) is 112 cm³/mol. The van der Waals surface area contributed by atoms with Crippen LogP contribution in [-0.2, 0) is 16.6 Å². The Morgan fingerprint density at radius 2 is 1.97 bits per heavy atom. The number of nitrogens with zero attached hydrogens (tertiary/aromatic N) is 2. The van der Waals surface area contributed by atoms with Crippen LogP contribution in [0.4, 0.5) is 10.1 Å². The molecule has 10 heteroatoms. The van der Waals surface area contributed by atoms with E-state index in [0.29, 0.717) is 13.1 Å². The Balaban J connectivity index is 1.70. The Kier molecular flexibility index (Phi) is 6.73. The molecular formula is C20H20ClFN4O3S. The Hall–Kier alpha value is -2.91. The molecule has 1 amide bonds. The van der Waals surface area contributed by atoms with Crippen molar-refractivity contribution in [3.05, 3.63) is 77.3 Å². The number of anilines is 1. The van der Waals surface area contributed by atoms with Gasteiger partial charge in [-0.2, -0.15) is 5.10 Å². The molecule has 158 valence electrons. The highest BCUT2D eigenvalue weighted by atomic mass is 35.5. The quantitative estimate of drug-likeness (QED) is 0.549. The van der Waals surface area contributed by atoms with Gasteiger partial charge in [-0.15, -0.1) is 0 Å². The largest absolute Gasteiger partial charge is 0.352 e. The maximum Gasteiger partial charge on any atom is 0.263 e. The van der Waals surface area contributed by atoms with Gasteiger partial charge in [-0.05, 0) is 54.4 Å². The van der Waals surface area contributed by atoms with Gasteiger partial charge in [-0.3, -0.25) is 14.2 Å². The molecule has 3 aromatic rings. The third-order valence-corrected chi connectivity index (χ3v) is 6.11. The first-order valence-corrected chi connectivity index (χ1v) is 10.9. The SMILES string of the molecule is CC(CNC(=O)c1ccc(Cl)c(S(=O)(=O)Nc2ccc(F)cc2)c1)Cn1cccn1. The second-order valence-electron chi connectivity index (χ2n) is 6.80. The first-order chi connectivity index (χ1) is 14.2. The van der Waals surface area contributed by atoms with Crippen LogP contribution in [-0.4, -0.2) is 30.7 Å². The average molecular weight is 451 g/mol. The van der Waals surface area contributed by atoms with Crippen molar-refractivity contribution in [2.45, 2.75) is 18.4 Å². The highest BCUT2D eigenvalue weighted by Gasteiger charge is 2.21. The first kappa shape index (κ1) is 21.8. The Labute approximate surface area is 178 Å². The molecule has 0 bridgehead atoms. The van der Waals surface area contributed by atoms with Gasteiger partial charge in [0, 0.05) is 36.7 Å². The molecule has 2 aromatic carbocycles. The molecule has 1 aromatic heterocycles. The number of sulfonamides is 1. The van der Waals surface area contributed by atoms with Crippen molar-refractivity contribution in [1.29, 1.82) is 0 Å². The second kappa shape index (κ2) is 9.27. The van der Waals surface area contributed by atoms with E-state index < -0.39 is 21.7 Å². The highest BCUT2D eigenvalue weighted by Crippen LogP contribution is 2.25. The summed E-state index contributed by atoms with van der Waals surface area (Å²) in [5, 5.41) is 6.87. The molecule has 2 N–H and O–H groups in total. The van der Waals surface area contributed by atoms with E-state index in [2.05, 4.69) is 15.1 Å². The van der Waals surface area contributed by atoms with Crippen LogP contribution in [0.2, 0.25) is 5.02 Å². The van der Waals surface area contributed by atoms with Crippen LogP contribution in [0.15, 0.2) is 65.8 Å². The molecule has 0 saturated heterocycles. The fraction of sp³-hybridized carbons (Fsp3) is 0.200. The lowest BCUT2D eigenvalue weighted by Crippen LogP contribution is -2.30. The van der Waals surface area contributed by atoms with Crippen molar-refractivity contribution in [3.8, 4) is 0 Å². The zero-order valence-electron chi connectivity index (χ0n) is 16.0. The first-order valence-electron chi connectivity index (χ1n) is 9.08. The Bertz CT molecular complexity index is 1120. The Morgan fingerprint density at radius 3 is 2.63 bits per heavy atom. The number of halogens is 2. The molecule has 0 aliphatic heterocycles. The predicted octanol–water partition coefficient (Wildman–Crippen LogP) is 3.54. The van der Waals surface area contributed by atoms with Gasteiger partial charge in [0.05, 0.1) is 5.02 Å². The van der Waals surface area contributed by atoms with Gasteiger partial charge in [0.2, 0.25) is 0 Å². The molecule has 1 unspecified atom stereocenters. The van der Waals surface area contributed by atoms with Crippen molar-refractivity contribution in [2.75, 3.05) is 11.3 Å². The van der Waals surface area contributed by atoms with Gasteiger partial charge >= 0.3 is 0 Å². The molecule has 7 nitrogen and oxygen atoms in total. The number of rotatable bonds is 8. The zero-order valence-corrected chi connectivity index (χ0v) is 17.6. The maximum absolute atomic E-state index is 13.0. The molecular weight excluding hydrogens is 431 g/mol. The van der Waals surface area contributed by atoms with Crippen LogP contribution in [0, 0.1) is 11.7 Å². The molecule has 1 heterocycles. The lowest BCUT2D eigenvalue weighted by atomic mass is 10.1. The topological polar surface area (TPSA) is 93.1 Å². The van der Waals surface area contributed by atoms with Crippen molar-refractivity contribution in [2.24, 2.45) is 5.92 Å². The monoisotopic (exact) mass is 450 g/mol. The maximum atomic E-state index is 13.0. The molecule has 0 aliphatic rings. The molecule has 1 atom stereocenters. The number of benzene rings is 2. The minimum absolute atomic E-state index is 0.0341. The van der Waals surface area contributed by atoms with Crippen LogP contribution >= 0.6 is 11.6 Å². The second-order valence-corrected chi connectivity index (χ2v) is 8.86. The van der Waals surface area contributed by atoms with Crippen LogP contribution in [0.25, 0.3) is 0 Å². The van der Waals surface area contributed by atoms with E-state index in [1.165, 1.54) is 30.3 Å². The summed E-state index contributed by atoms with van der Waals surface area (Å²) in [6.07, 6.45) is 3.52. The van der Waals surface area contributed by atoms with Gasteiger partial charge in [0.1, 0.15) is 10.7 Å². The summed E-state index contributed by atoms with van der Waals surface area (Å²) in [5.74, 6) is -0.793. The number of amides is 1. The van der Waals surface area contributed by atoms with Crippen LogP contribution in [0.5, 0.6) is 0 Å². The standard InChI is InChI=1S/C20H20ClFN4O3S/c1-14(13-26-10-2-9-24-26)12-23-20(27)15-3-8-18(21)19(11-15)30(28,29)25-17-6-4-16(22)5-7-17/h2-11,14,25H,12-13H2,1H3,(H,23,27). The summed E-state index contributed by atoms with van der Waals surface area (Å²) < 4.78 is 42.5. The molecule has 0 spiro atoms. The van der Waals surface area contributed by atoms with Gasteiger partial charge < -0.3 is 5.32 Å². The normalized spacial score (nSPS) is 12.4. The lowest BCUT2D eigenvalue weighted by molar-refractivity contribution is 0.0946. The van der Waals surface area contributed by atoms with E-state index in [4.69, 9.17) is 11.6 Å². The molecule has 0 saturated carbocycles. The minimum Gasteiger partial charge on any atom is -0.352 e. The van der Waals surface area contributed by atoms with Crippen molar-refractivity contribution in [3.63, 3.8) is 0 Å². The summed E-state index contributed by atoms with van der Waals surface area (Å²) >= 11 is 6.06. The minimum atomic E-state index is -4.07. The lowest BCUT2D eigenvalue weighted by Gasteiger charge is -2.14. The zero-order chi connectivity index (χ0) is 21.7. The highest BCUT2D eigenvalue weighted by molar-refractivity contribution is 7.92. The molecule has 0 radical (unpaired) electrons. The smallest absolute Gasteiger partial charge is 0.263 e. The summed E-state index contributed by atoms with van der Waals surface area (Å²) in [6, 6.07) is 10.7. The number of aromatic nitrogens is 2. The van der Waals surface area contributed by atoms with Gasteiger partial charge in [-0.1, -0.05) is 18.5 Å². The summed E-state index contributed by atoms with van der Waals surface area (Å²) in [5.41, 5.74) is 0.333. The third kappa shape index (κ3) is 5.58. The summed E-state index contributed by atoms with van der Waals surface area (Å²) in [4.78, 5) is 12.3. The number of carbonyl (C=O) groups excluding carboxylic acids is 1. The fourth-order valence-corrected chi connectivity index (χ4v) is 4.33. The van der Waals surface area contributed by atoms with Crippen LogP contribution < -0.4 is 10.0 Å². The van der Waals surface area contributed by atoms with Gasteiger partial charge in [-0.25, -0.2) is 12.8 Å². The summed E-state index contributed by atoms with van der Waals surface area (Å²) in [6.45, 7) is 2.98. The number of nitrogens with one attached hydrogen (secondary N) is 2. The average Bonchev–Trinajstić information content (AvgIpc) is 3.21. The van der Waals surface area contributed by atoms with E-state index >= 15 is 0 Å². The number of hydrogen-bond donors (Lipinski definition) is 2. The number of hydrogen-bond acceptors (Lipinski definition) is 4. The van der Waals surface area contributed by atoms with E-state index in [9.17, 15) is 17.6 Å².